The van der Waals surface area contributed by atoms with Crippen molar-refractivity contribution in [1.29, 1.82) is 0 Å². The summed E-state index contributed by atoms with van der Waals surface area (Å²) in [5, 5.41) is 0. The van der Waals surface area contributed by atoms with Crippen molar-refractivity contribution in [2.24, 2.45) is 0 Å². The van der Waals surface area contributed by atoms with E-state index in [0.29, 0.717) is 30.7 Å². The van der Waals surface area contributed by atoms with Crippen LogP contribution in [0.25, 0.3) is 0 Å². The Morgan fingerprint density at radius 2 is 1.76 bits per heavy atom. The lowest BCUT2D eigenvalue weighted by atomic mass is 9.78. The third-order valence-electron chi connectivity index (χ3n) is 6.54. The van der Waals surface area contributed by atoms with Gasteiger partial charge in [0.25, 0.3) is 0 Å². The van der Waals surface area contributed by atoms with Gasteiger partial charge in [-0.05, 0) is 72.5 Å². The largest absolute Gasteiger partial charge is 0.494 e. The number of piperazine rings is 1. The Balaban J connectivity index is 1.66. The number of rotatable bonds is 3. The molecule has 2 aliphatic heterocycles. The van der Waals surface area contributed by atoms with Crippen molar-refractivity contribution >= 4 is 24.6 Å². The summed E-state index contributed by atoms with van der Waals surface area (Å²) in [5.74, 6) is -0.625. The molecular weight excluding hydrogens is 426 g/mol. The molecule has 7 nitrogen and oxygen atoms in total. The van der Waals surface area contributed by atoms with Crippen LogP contribution in [0.3, 0.4) is 0 Å². The van der Waals surface area contributed by atoms with Gasteiger partial charge in [-0.15, -0.1) is 0 Å². The van der Waals surface area contributed by atoms with Crippen molar-refractivity contribution in [2.45, 2.75) is 84.7 Å². The van der Waals surface area contributed by atoms with E-state index in [1.807, 2.05) is 55.4 Å². The Morgan fingerprint density at radius 1 is 1.15 bits per heavy atom. The number of carbonyl (C=O) groups is 2. The number of benzene rings is 1. The SMILES string of the molecule is C[C@@H]1CN(C(=O)OC(C)(C)C)CCN1C(=O)Cc1cc(B2OC(C)(C)C(C)(C)O2)ccc1F. The maximum absolute atomic E-state index is 14.6. The standard InChI is InChI=1S/C24H36BFN2O5/c1-16-15-27(21(30)31-22(2,3)4)11-12-28(16)20(29)14-17-13-18(9-10-19(17)26)25-32-23(5,6)24(7,8)33-25/h9-10,13,16H,11-12,14-15H2,1-8H3/t16-/m1/s1. The zero-order valence-corrected chi connectivity index (χ0v) is 21.0. The van der Waals surface area contributed by atoms with E-state index < -0.39 is 29.7 Å². The second-order valence-corrected chi connectivity index (χ2v) is 11.0. The average Bonchev–Trinajstić information content (AvgIpc) is 2.89. The molecule has 0 saturated carbocycles. The molecule has 2 amide bonds. The molecule has 33 heavy (non-hydrogen) atoms. The smallest absolute Gasteiger partial charge is 0.444 e. The van der Waals surface area contributed by atoms with Gasteiger partial charge in [0.05, 0.1) is 17.6 Å². The van der Waals surface area contributed by atoms with Crippen LogP contribution in [-0.4, -0.2) is 71.4 Å². The van der Waals surface area contributed by atoms with Crippen LogP contribution in [0, 0.1) is 5.82 Å². The highest BCUT2D eigenvalue weighted by Gasteiger charge is 2.51. The molecule has 2 fully saturated rings. The number of hydrogen-bond donors (Lipinski definition) is 0. The summed E-state index contributed by atoms with van der Waals surface area (Å²) in [6.45, 7) is 16.3. The second-order valence-electron chi connectivity index (χ2n) is 11.0. The Morgan fingerprint density at radius 3 is 2.30 bits per heavy atom. The molecule has 0 radical (unpaired) electrons. The predicted molar refractivity (Wildman–Crippen MR) is 125 cm³/mol. The number of amides is 2. The summed E-state index contributed by atoms with van der Waals surface area (Å²) in [7, 11) is -0.624. The van der Waals surface area contributed by atoms with Crippen LogP contribution in [0.5, 0.6) is 0 Å². The maximum atomic E-state index is 14.6. The summed E-state index contributed by atoms with van der Waals surface area (Å²) in [6, 6.07) is 4.44. The van der Waals surface area contributed by atoms with Crippen LogP contribution in [0.2, 0.25) is 0 Å². The van der Waals surface area contributed by atoms with Crippen LogP contribution in [-0.2, 0) is 25.3 Å². The minimum Gasteiger partial charge on any atom is -0.444 e. The fourth-order valence-corrected chi connectivity index (χ4v) is 3.94. The first kappa shape index (κ1) is 25.5. The Bertz CT molecular complexity index is 899. The highest BCUT2D eigenvalue weighted by molar-refractivity contribution is 6.62. The van der Waals surface area contributed by atoms with Gasteiger partial charge in [-0.2, -0.15) is 0 Å². The summed E-state index contributed by atoms with van der Waals surface area (Å²) in [5.41, 5.74) is -0.613. The normalized spacial score (nSPS) is 22.5. The van der Waals surface area contributed by atoms with E-state index in [4.69, 9.17) is 14.0 Å². The van der Waals surface area contributed by atoms with E-state index in [2.05, 4.69) is 0 Å². The van der Waals surface area contributed by atoms with Gasteiger partial charge in [-0.1, -0.05) is 12.1 Å². The van der Waals surface area contributed by atoms with Gasteiger partial charge < -0.3 is 23.8 Å². The molecule has 2 saturated heterocycles. The van der Waals surface area contributed by atoms with Crippen molar-refractivity contribution in [3.05, 3.63) is 29.6 Å². The highest BCUT2D eigenvalue weighted by Crippen LogP contribution is 2.36. The van der Waals surface area contributed by atoms with E-state index in [-0.39, 0.29) is 24.5 Å². The van der Waals surface area contributed by atoms with Gasteiger partial charge in [0.1, 0.15) is 11.4 Å². The molecule has 3 rings (SSSR count). The number of nitrogens with zero attached hydrogens (tertiary/aromatic N) is 2. The zero-order valence-electron chi connectivity index (χ0n) is 21.0. The van der Waals surface area contributed by atoms with Gasteiger partial charge in [-0.25, -0.2) is 9.18 Å². The van der Waals surface area contributed by atoms with Crippen LogP contribution < -0.4 is 5.46 Å². The highest BCUT2D eigenvalue weighted by atomic mass is 19.1. The number of hydrogen-bond acceptors (Lipinski definition) is 5. The van der Waals surface area contributed by atoms with E-state index in [1.54, 1.807) is 21.9 Å². The molecule has 0 spiro atoms. The first-order chi connectivity index (χ1) is 15.1. The fraction of sp³-hybridized carbons (Fsp3) is 0.667. The molecule has 2 heterocycles. The van der Waals surface area contributed by atoms with Crippen LogP contribution >= 0.6 is 0 Å². The van der Waals surface area contributed by atoms with E-state index >= 15 is 0 Å². The molecule has 2 aliphatic rings. The lowest BCUT2D eigenvalue weighted by Crippen LogP contribution is -2.56. The summed E-state index contributed by atoms with van der Waals surface area (Å²) >= 11 is 0. The molecule has 1 aromatic carbocycles. The van der Waals surface area contributed by atoms with Gasteiger partial charge in [0.15, 0.2) is 0 Å². The third kappa shape index (κ3) is 5.69. The van der Waals surface area contributed by atoms with Crippen LogP contribution in [0.15, 0.2) is 18.2 Å². The maximum Gasteiger partial charge on any atom is 0.494 e. The topological polar surface area (TPSA) is 68.3 Å². The Kier molecular flexibility index (Phi) is 6.88. The number of halogens is 1. The molecule has 0 aromatic heterocycles. The van der Waals surface area contributed by atoms with Crippen LogP contribution in [0.4, 0.5) is 9.18 Å². The molecule has 9 heteroatoms. The molecule has 0 aliphatic carbocycles. The summed E-state index contributed by atoms with van der Waals surface area (Å²) in [4.78, 5) is 28.7. The number of carbonyl (C=O) groups excluding carboxylic acids is 2. The van der Waals surface area contributed by atoms with Crippen molar-refractivity contribution in [1.82, 2.24) is 9.80 Å². The molecule has 1 atom stereocenters. The Labute approximate surface area is 196 Å². The van der Waals surface area contributed by atoms with E-state index in [9.17, 15) is 14.0 Å². The summed E-state index contributed by atoms with van der Waals surface area (Å²) < 4.78 is 32.1. The number of ether oxygens (including phenoxy) is 1. The molecule has 182 valence electrons. The third-order valence-corrected chi connectivity index (χ3v) is 6.54. The molecular formula is C24H36BFN2O5. The van der Waals surface area contributed by atoms with Crippen LogP contribution in [0.1, 0.15) is 61.0 Å². The predicted octanol–water partition coefficient (Wildman–Crippen LogP) is 3.14. The first-order valence-corrected chi connectivity index (χ1v) is 11.5. The van der Waals surface area contributed by atoms with Gasteiger partial charge >= 0.3 is 13.2 Å². The zero-order chi connectivity index (χ0) is 24.8. The minimum absolute atomic E-state index is 0.0735. The summed E-state index contributed by atoms with van der Waals surface area (Å²) in [6.07, 6.45) is -0.460. The van der Waals surface area contributed by atoms with Gasteiger partial charge in [0.2, 0.25) is 5.91 Å². The first-order valence-electron chi connectivity index (χ1n) is 11.5. The lowest BCUT2D eigenvalue weighted by Gasteiger charge is -2.40. The molecule has 0 unspecified atom stereocenters. The van der Waals surface area contributed by atoms with Gasteiger partial charge in [-0.3, -0.25) is 4.79 Å². The second kappa shape index (κ2) is 8.91. The molecule has 1 aromatic rings. The van der Waals surface area contributed by atoms with Gasteiger partial charge in [0, 0.05) is 25.7 Å². The molecule has 0 N–H and O–H groups in total. The molecule has 0 bridgehead atoms. The monoisotopic (exact) mass is 462 g/mol. The van der Waals surface area contributed by atoms with Crippen molar-refractivity contribution in [3.63, 3.8) is 0 Å². The van der Waals surface area contributed by atoms with Crippen molar-refractivity contribution in [3.8, 4) is 0 Å². The van der Waals surface area contributed by atoms with E-state index in [1.165, 1.54) is 6.07 Å². The quantitative estimate of drug-likeness (QED) is 0.646. The average molecular weight is 462 g/mol. The minimum atomic E-state index is -0.624. The van der Waals surface area contributed by atoms with E-state index in [0.717, 1.165) is 0 Å². The lowest BCUT2D eigenvalue weighted by molar-refractivity contribution is -0.135. The van der Waals surface area contributed by atoms with Crippen molar-refractivity contribution in [2.75, 3.05) is 19.6 Å². The Hall–Kier alpha value is -2.13. The fourth-order valence-electron chi connectivity index (χ4n) is 3.94. The van der Waals surface area contributed by atoms with Crippen molar-refractivity contribution < 1.29 is 28.0 Å².